The summed E-state index contributed by atoms with van der Waals surface area (Å²) >= 11 is 0. The molecule has 0 unspecified atom stereocenters. The molecule has 0 N–H and O–H groups in total. The molecule has 1 aromatic heterocycles. The van der Waals surface area contributed by atoms with Gasteiger partial charge in [-0.15, -0.1) is 0 Å². The van der Waals surface area contributed by atoms with Crippen molar-refractivity contribution in [3.05, 3.63) is 11.4 Å². The molecule has 1 aliphatic heterocycles. The van der Waals surface area contributed by atoms with Crippen LogP contribution in [0, 0.1) is 6.92 Å². The summed E-state index contributed by atoms with van der Waals surface area (Å²) in [5.41, 5.74) is 2.24. The molecule has 2 rings (SSSR count). The molecule has 54 valence electrons. The minimum absolute atomic E-state index is 0.805. The molecule has 0 radical (unpaired) electrons. The molecule has 3 nitrogen and oxygen atoms in total. The molecule has 3 heteroatoms. The first-order valence-electron chi connectivity index (χ1n) is 3.44. The van der Waals surface area contributed by atoms with Gasteiger partial charge in [-0.25, -0.2) is 0 Å². The third-order valence-electron chi connectivity index (χ3n) is 1.93. The molecule has 0 saturated heterocycles. The van der Waals surface area contributed by atoms with E-state index in [1.54, 1.807) is 0 Å². The smallest absolute Gasteiger partial charge is 0.163 e. The highest BCUT2D eigenvalue weighted by Gasteiger charge is 2.19. The zero-order chi connectivity index (χ0) is 7.14. The maximum atomic E-state index is 5.37. The Morgan fingerprint density at radius 3 is 3.10 bits per heavy atom. The minimum atomic E-state index is 0.805. The van der Waals surface area contributed by atoms with Gasteiger partial charge >= 0.3 is 0 Å². The number of aryl methyl sites for hydroxylation is 1. The number of ether oxygens (including phenoxy) is 1. The van der Waals surface area contributed by atoms with Gasteiger partial charge in [-0.1, -0.05) is 0 Å². The molecule has 1 aliphatic rings. The van der Waals surface area contributed by atoms with Crippen LogP contribution in [0.5, 0.6) is 5.75 Å². The summed E-state index contributed by atoms with van der Waals surface area (Å²) in [6, 6.07) is 0. The molecular weight excluding hydrogens is 128 g/mol. The fraction of sp³-hybridized carbons (Fsp3) is 0.571. The van der Waals surface area contributed by atoms with Crippen LogP contribution in [0.2, 0.25) is 0 Å². The van der Waals surface area contributed by atoms with Crippen LogP contribution in [0.4, 0.5) is 0 Å². The van der Waals surface area contributed by atoms with Gasteiger partial charge in [-0.2, -0.15) is 5.10 Å². The van der Waals surface area contributed by atoms with E-state index in [4.69, 9.17) is 4.74 Å². The molecule has 0 spiro atoms. The van der Waals surface area contributed by atoms with Crippen molar-refractivity contribution in [3.8, 4) is 5.75 Å². The molecule has 10 heavy (non-hydrogen) atoms. The van der Waals surface area contributed by atoms with E-state index in [0.29, 0.717) is 0 Å². The number of aromatic nitrogens is 2. The van der Waals surface area contributed by atoms with Gasteiger partial charge < -0.3 is 4.74 Å². The largest absolute Gasteiger partial charge is 0.489 e. The van der Waals surface area contributed by atoms with Crippen LogP contribution in [-0.2, 0) is 13.5 Å². The van der Waals surface area contributed by atoms with Crippen LogP contribution in [0.15, 0.2) is 0 Å². The Bertz CT molecular complexity index is 265. The van der Waals surface area contributed by atoms with Gasteiger partial charge in [0.05, 0.1) is 12.3 Å². The minimum Gasteiger partial charge on any atom is -0.489 e. The first-order valence-corrected chi connectivity index (χ1v) is 3.44. The summed E-state index contributed by atoms with van der Waals surface area (Å²) in [5.74, 6) is 1.00. The van der Waals surface area contributed by atoms with Crippen molar-refractivity contribution in [3.63, 3.8) is 0 Å². The molecule has 0 aliphatic carbocycles. The molecule has 0 amide bonds. The lowest BCUT2D eigenvalue weighted by molar-refractivity contribution is 0.351. The fourth-order valence-corrected chi connectivity index (χ4v) is 1.26. The molecular formula is C7H10N2O. The van der Waals surface area contributed by atoms with Crippen LogP contribution in [0.1, 0.15) is 11.4 Å². The van der Waals surface area contributed by atoms with Gasteiger partial charge in [-0.3, -0.25) is 4.68 Å². The molecule has 2 heterocycles. The first kappa shape index (κ1) is 5.77. The molecule has 0 atom stereocenters. The van der Waals surface area contributed by atoms with E-state index in [1.807, 2.05) is 18.7 Å². The second-order valence-electron chi connectivity index (χ2n) is 2.58. The standard InChI is InChI=1S/C7H10N2O/c1-5-7-6(3-4-10-7)8-9(5)2/h3-4H2,1-2H3. The number of fused-ring (bicyclic) bond motifs is 1. The van der Waals surface area contributed by atoms with Gasteiger partial charge in [0.1, 0.15) is 5.69 Å². The first-order chi connectivity index (χ1) is 4.79. The van der Waals surface area contributed by atoms with Crippen LogP contribution < -0.4 is 4.74 Å². The predicted molar refractivity (Wildman–Crippen MR) is 37.1 cm³/mol. The number of rotatable bonds is 0. The van der Waals surface area contributed by atoms with Gasteiger partial charge in [-0.05, 0) is 6.92 Å². The quantitative estimate of drug-likeness (QED) is 0.526. The topological polar surface area (TPSA) is 27.1 Å². The van der Waals surface area contributed by atoms with E-state index >= 15 is 0 Å². The zero-order valence-electron chi connectivity index (χ0n) is 6.22. The average molecular weight is 138 g/mol. The maximum absolute atomic E-state index is 5.37. The van der Waals surface area contributed by atoms with Crippen LogP contribution >= 0.6 is 0 Å². The van der Waals surface area contributed by atoms with E-state index in [0.717, 1.165) is 30.2 Å². The number of nitrogens with zero attached hydrogens (tertiary/aromatic N) is 2. The second kappa shape index (κ2) is 1.75. The Labute approximate surface area is 59.6 Å². The van der Waals surface area contributed by atoms with E-state index < -0.39 is 0 Å². The Kier molecular flexibility index (Phi) is 1.01. The molecule has 0 saturated carbocycles. The van der Waals surface area contributed by atoms with Crippen molar-refractivity contribution >= 4 is 0 Å². The Morgan fingerprint density at radius 2 is 2.40 bits per heavy atom. The number of hydrogen-bond acceptors (Lipinski definition) is 2. The van der Waals surface area contributed by atoms with E-state index in [9.17, 15) is 0 Å². The molecule has 1 aromatic rings. The Balaban J connectivity index is 2.59. The van der Waals surface area contributed by atoms with Crippen LogP contribution in [0.3, 0.4) is 0 Å². The van der Waals surface area contributed by atoms with Gasteiger partial charge in [0, 0.05) is 13.5 Å². The highest BCUT2D eigenvalue weighted by molar-refractivity contribution is 5.35. The van der Waals surface area contributed by atoms with Gasteiger partial charge in [0.2, 0.25) is 0 Å². The Hall–Kier alpha value is -0.990. The van der Waals surface area contributed by atoms with E-state index in [1.165, 1.54) is 0 Å². The lowest BCUT2D eigenvalue weighted by Gasteiger charge is -1.96. The molecule has 0 aromatic carbocycles. The van der Waals surface area contributed by atoms with Crippen molar-refractivity contribution in [1.29, 1.82) is 0 Å². The van der Waals surface area contributed by atoms with E-state index in [2.05, 4.69) is 5.10 Å². The van der Waals surface area contributed by atoms with Crippen molar-refractivity contribution in [2.75, 3.05) is 6.61 Å². The lowest BCUT2D eigenvalue weighted by atomic mass is 10.3. The summed E-state index contributed by atoms with van der Waals surface area (Å²) in [4.78, 5) is 0. The lowest BCUT2D eigenvalue weighted by Crippen LogP contribution is -1.98. The monoisotopic (exact) mass is 138 g/mol. The van der Waals surface area contributed by atoms with Crippen LogP contribution in [0.25, 0.3) is 0 Å². The molecule has 0 fully saturated rings. The SMILES string of the molecule is Cc1c2c(nn1C)CCO2. The third-order valence-corrected chi connectivity index (χ3v) is 1.93. The molecule has 0 bridgehead atoms. The average Bonchev–Trinajstić information content (AvgIpc) is 2.41. The summed E-state index contributed by atoms with van der Waals surface area (Å²) in [6.07, 6.45) is 0.969. The van der Waals surface area contributed by atoms with Crippen LogP contribution in [-0.4, -0.2) is 16.4 Å². The van der Waals surface area contributed by atoms with Crippen molar-refractivity contribution in [2.24, 2.45) is 7.05 Å². The fourth-order valence-electron chi connectivity index (χ4n) is 1.26. The highest BCUT2D eigenvalue weighted by atomic mass is 16.5. The summed E-state index contributed by atoms with van der Waals surface area (Å²) < 4.78 is 7.23. The summed E-state index contributed by atoms with van der Waals surface area (Å²) in [6.45, 7) is 2.83. The summed E-state index contributed by atoms with van der Waals surface area (Å²) in [7, 11) is 1.94. The van der Waals surface area contributed by atoms with Crippen molar-refractivity contribution in [2.45, 2.75) is 13.3 Å². The number of hydrogen-bond donors (Lipinski definition) is 0. The zero-order valence-corrected chi connectivity index (χ0v) is 6.22. The van der Waals surface area contributed by atoms with Crippen molar-refractivity contribution < 1.29 is 4.74 Å². The van der Waals surface area contributed by atoms with Gasteiger partial charge in [0.15, 0.2) is 5.75 Å². The predicted octanol–water partition coefficient (Wildman–Crippen LogP) is 0.663. The maximum Gasteiger partial charge on any atom is 0.163 e. The highest BCUT2D eigenvalue weighted by Crippen LogP contribution is 2.27. The second-order valence-corrected chi connectivity index (χ2v) is 2.58. The third kappa shape index (κ3) is 0.574. The normalized spacial score (nSPS) is 15.0. The van der Waals surface area contributed by atoms with Crippen molar-refractivity contribution in [1.82, 2.24) is 9.78 Å². The van der Waals surface area contributed by atoms with E-state index in [-0.39, 0.29) is 0 Å². The van der Waals surface area contributed by atoms with Gasteiger partial charge in [0.25, 0.3) is 0 Å². The summed E-state index contributed by atoms with van der Waals surface area (Å²) in [5, 5.41) is 4.28. The Morgan fingerprint density at radius 1 is 1.60 bits per heavy atom.